The van der Waals surface area contributed by atoms with Crippen LogP contribution in [-0.4, -0.2) is 17.7 Å². The highest BCUT2D eigenvalue weighted by Crippen LogP contribution is 2.30. The third kappa shape index (κ3) is 1.47. The summed E-state index contributed by atoms with van der Waals surface area (Å²) in [7, 11) is 0. The normalized spacial score (nSPS) is 15.4. The maximum absolute atomic E-state index is 11.6. The standard InChI is InChI=1S/C14H10O3/c15-12-8-17-14(16)13(12)11-7-3-5-9-4-1-2-6-10(9)11/h1-7,15H,8H2. The Bertz CT molecular complexity index is 635. The van der Waals surface area contributed by atoms with Crippen molar-refractivity contribution < 1.29 is 14.6 Å². The van der Waals surface area contributed by atoms with Crippen molar-refractivity contribution in [1.29, 1.82) is 0 Å². The molecule has 0 unspecified atom stereocenters. The van der Waals surface area contributed by atoms with E-state index in [0.717, 1.165) is 16.3 Å². The number of aliphatic hydroxyl groups is 1. The van der Waals surface area contributed by atoms with Crippen LogP contribution >= 0.6 is 0 Å². The van der Waals surface area contributed by atoms with Gasteiger partial charge in [-0.1, -0.05) is 42.5 Å². The van der Waals surface area contributed by atoms with Crippen molar-refractivity contribution in [3.8, 4) is 0 Å². The fourth-order valence-electron chi connectivity index (χ4n) is 2.10. The fourth-order valence-corrected chi connectivity index (χ4v) is 2.10. The predicted octanol–water partition coefficient (Wildman–Crippen LogP) is 2.67. The van der Waals surface area contributed by atoms with E-state index in [1.807, 2.05) is 42.5 Å². The minimum absolute atomic E-state index is 0.00588. The highest BCUT2D eigenvalue weighted by atomic mass is 16.5. The van der Waals surface area contributed by atoms with Crippen molar-refractivity contribution in [3.05, 3.63) is 53.8 Å². The molecular formula is C14H10O3. The van der Waals surface area contributed by atoms with E-state index in [1.54, 1.807) is 0 Å². The molecule has 3 nitrogen and oxygen atoms in total. The Morgan fingerprint density at radius 3 is 2.59 bits per heavy atom. The molecular weight excluding hydrogens is 216 g/mol. The van der Waals surface area contributed by atoms with Crippen LogP contribution in [0.3, 0.4) is 0 Å². The van der Waals surface area contributed by atoms with Crippen LogP contribution in [0.25, 0.3) is 16.3 Å². The molecule has 0 amide bonds. The summed E-state index contributed by atoms with van der Waals surface area (Å²) in [5.74, 6) is -0.454. The first-order valence-electron chi connectivity index (χ1n) is 5.35. The summed E-state index contributed by atoms with van der Waals surface area (Å²) < 4.78 is 4.82. The van der Waals surface area contributed by atoms with Crippen LogP contribution in [0.1, 0.15) is 5.56 Å². The van der Waals surface area contributed by atoms with Gasteiger partial charge in [0, 0.05) is 5.56 Å². The molecule has 0 aromatic heterocycles. The zero-order valence-electron chi connectivity index (χ0n) is 9.01. The van der Waals surface area contributed by atoms with Gasteiger partial charge in [-0.05, 0) is 10.8 Å². The molecule has 0 atom stereocenters. The zero-order chi connectivity index (χ0) is 11.8. The van der Waals surface area contributed by atoms with Crippen molar-refractivity contribution in [3.63, 3.8) is 0 Å². The third-order valence-electron chi connectivity index (χ3n) is 2.89. The number of hydrogen-bond acceptors (Lipinski definition) is 3. The first-order chi connectivity index (χ1) is 8.27. The smallest absolute Gasteiger partial charge is 0.342 e. The van der Waals surface area contributed by atoms with Gasteiger partial charge in [-0.15, -0.1) is 0 Å². The van der Waals surface area contributed by atoms with E-state index in [0.29, 0.717) is 0 Å². The van der Waals surface area contributed by atoms with Crippen molar-refractivity contribution in [2.24, 2.45) is 0 Å². The molecule has 0 bridgehead atoms. The molecule has 0 radical (unpaired) electrons. The molecule has 1 heterocycles. The second kappa shape index (κ2) is 3.63. The average molecular weight is 226 g/mol. The molecule has 3 rings (SSSR count). The highest BCUT2D eigenvalue weighted by Gasteiger charge is 2.27. The van der Waals surface area contributed by atoms with E-state index in [1.165, 1.54) is 0 Å². The minimum Gasteiger partial charge on any atom is -0.508 e. The molecule has 2 aromatic carbocycles. The summed E-state index contributed by atoms with van der Waals surface area (Å²) in [5.41, 5.74) is 1.00. The number of esters is 1. The van der Waals surface area contributed by atoms with E-state index in [2.05, 4.69) is 0 Å². The second-order valence-corrected chi connectivity index (χ2v) is 3.92. The Kier molecular flexibility index (Phi) is 2.11. The largest absolute Gasteiger partial charge is 0.508 e. The summed E-state index contributed by atoms with van der Waals surface area (Å²) in [5, 5.41) is 11.7. The van der Waals surface area contributed by atoms with Crippen molar-refractivity contribution in [2.75, 3.05) is 6.61 Å². The van der Waals surface area contributed by atoms with Crippen LogP contribution in [0.4, 0.5) is 0 Å². The Labute approximate surface area is 97.9 Å². The first kappa shape index (κ1) is 9.90. The average Bonchev–Trinajstić information content (AvgIpc) is 2.69. The number of fused-ring (bicyclic) bond motifs is 1. The predicted molar refractivity (Wildman–Crippen MR) is 64.5 cm³/mol. The van der Waals surface area contributed by atoms with Crippen molar-refractivity contribution in [2.45, 2.75) is 0 Å². The lowest BCUT2D eigenvalue weighted by Crippen LogP contribution is -1.99. The number of ether oxygens (including phenoxy) is 1. The Morgan fingerprint density at radius 1 is 1.06 bits per heavy atom. The number of carbonyl (C=O) groups excluding carboxylic acids is 1. The van der Waals surface area contributed by atoms with Gasteiger partial charge in [0.05, 0.1) is 0 Å². The third-order valence-corrected chi connectivity index (χ3v) is 2.89. The van der Waals surface area contributed by atoms with Crippen LogP contribution in [0.2, 0.25) is 0 Å². The molecule has 0 saturated carbocycles. The molecule has 0 spiro atoms. The van der Waals surface area contributed by atoms with E-state index in [9.17, 15) is 9.90 Å². The van der Waals surface area contributed by atoms with Gasteiger partial charge in [0.15, 0.2) is 0 Å². The molecule has 1 aliphatic heterocycles. The first-order valence-corrected chi connectivity index (χ1v) is 5.35. The fraction of sp³-hybridized carbons (Fsp3) is 0.0714. The van der Waals surface area contributed by atoms with Gasteiger partial charge in [0.1, 0.15) is 17.9 Å². The van der Waals surface area contributed by atoms with Gasteiger partial charge >= 0.3 is 5.97 Å². The maximum Gasteiger partial charge on any atom is 0.342 e. The zero-order valence-corrected chi connectivity index (χ0v) is 9.01. The van der Waals surface area contributed by atoms with Crippen molar-refractivity contribution in [1.82, 2.24) is 0 Å². The monoisotopic (exact) mass is 226 g/mol. The summed E-state index contributed by atoms with van der Waals surface area (Å²) in [4.78, 5) is 11.6. The van der Waals surface area contributed by atoms with Crippen LogP contribution in [0.5, 0.6) is 0 Å². The summed E-state index contributed by atoms with van der Waals surface area (Å²) in [6.07, 6.45) is 0. The molecule has 0 fully saturated rings. The summed E-state index contributed by atoms with van der Waals surface area (Å²) in [6, 6.07) is 13.4. The van der Waals surface area contributed by atoms with Gasteiger partial charge in [-0.25, -0.2) is 4.79 Å². The number of hydrogen-bond donors (Lipinski definition) is 1. The van der Waals surface area contributed by atoms with Crippen LogP contribution in [-0.2, 0) is 9.53 Å². The molecule has 17 heavy (non-hydrogen) atoms. The maximum atomic E-state index is 11.6. The summed E-state index contributed by atoms with van der Waals surface area (Å²) >= 11 is 0. The molecule has 84 valence electrons. The molecule has 2 aromatic rings. The second-order valence-electron chi connectivity index (χ2n) is 3.92. The molecule has 3 heteroatoms. The molecule has 1 aliphatic rings. The number of carbonyl (C=O) groups is 1. The Hall–Kier alpha value is -2.29. The van der Waals surface area contributed by atoms with Crippen LogP contribution in [0.15, 0.2) is 48.2 Å². The van der Waals surface area contributed by atoms with Crippen LogP contribution < -0.4 is 0 Å². The molecule has 0 saturated heterocycles. The number of rotatable bonds is 1. The van der Waals surface area contributed by atoms with E-state index < -0.39 is 5.97 Å². The minimum atomic E-state index is -0.459. The number of aliphatic hydroxyl groups excluding tert-OH is 1. The van der Waals surface area contributed by atoms with Crippen LogP contribution in [0, 0.1) is 0 Å². The number of benzene rings is 2. The molecule has 1 N–H and O–H groups in total. The lowest BCUT2D eigenvalue weighted by Gasteiger charge is -2.05. The van der Waals surface area contributed by atoms with Gasteiger partial charge in [0.25, 0.3) is 0 Å². The van der Waals surface area contributed by atoms with E-state index in [-0.39, 0.29) is 17.9 Å². The van der Waals surface area contributed by atoms with E-state index in [4.69, 9.17) is 4.74 Å². The Balaban J connectivity index is 2.32. The topological polar surface area (TPSA) is 46.5 Å². The molecule has 0 aliphatic carbocycles. The number of cyclic esters (lactones) is 1. The van der Waals surface area contributed by atoms with Gasteiger partial charge in [-0.3, -0.25) is 0 Å². The summed E-state index contributed by atoms with van der Waals surface area (Å²) in [6.45, 7) is -0.0304. The lowest BCUT2D eigenvalue weighted by atomic mass is 9.98. The van der Waals surface area contributed by atoms with Gasteiger partial charge in [-0.2, -0.15) is 0 Å². The Morgan fingerprint density at radius 2 is 1.82 bits per heavy atom. The lowest BCUT2D eigenvalue weighted by molar-refractivity contribution is -0.134. The van der Waals surface area contributed by atoms with Crippen molar-refractivity contribution >= 4 is 22.3 Å². The van der Waals surface area contributed by atoms with Gasteiger partial charge < -0.3 is 9.84 Å². The van der Waals surface area contributed by atoms with E-state index >= 15 is 0 Å². The SMILES string of the molecule is O=C1OCC(O)=C1c1cccc2ccccc12. The highest BCUT2D eigenvalue weighted by molar-refractivity contribution is 6.22. The quantitative estimate of drug-likeness (QED) is 0.760. The van der Waals surface area contributed by atoms with Gasteiger partial charge in [0.2, 0.25) is 0 Å².